The van der Waals surface area contributed by atoms with Crippen LogP contribution in [-0.4, -0.2) is 22.3 Å². The van der Waals surface area contributed by atoms with Crippen LogP contribution in [0.1, 0.15) is 77.6 Å². The van der Waals surface area contributed by atoms with Crippen LogP contribution in [-0.2, 0) is 4.79 Å². The maximum Gasteiger partial charge on any atom is 0.327 e. The molecule has 3 heteroatoms. The van der Waals surface area contributed by atoms with Gasteiger partial charge in [0.25, 0.3) is 0 Å². The van der Waals surface area contributed by atoms with Gasteiger partial charge < -0.3 is 10.2 Å². The number of carboxylic acid groups (broad SMARTS) is 1. The Bertz CT molecular complexity index is 236. The van der Waals surface area contributed by atoms with Crippen molar-refractivity contribution in [1.29, 1.82) is 0 Å². The maximum absolute atomic E-state index is 10.2. The summed E-state index contributed by atoms with van der Waals surface area (Å²) in [6.45, 7) is 2.22. The first-order valence-corrected chi connectivity index (χ1v) is 7.74. The van der Waals surface area contributed by atoms with E-state index in [0.717, 1.165) is 38.5 Å². The molecule has 0 amide bonds. The van der Waals surface area contributed by atoms with Crippen molar-refractivity contribution in [2.75, 3.05) is 0 Å². The molecule has 3 nitrogen and oxygen atoms in total. The van der Waals surface area contributed by atoms with Crippen LogP contribution in [0.2, 0.25) is 0 Å². The van der Waals surface area contributed by atoms with Crippen molar-refractivity contribution in [3.63, 3.8) is 0 Å². The molecular formula is C16H30O3. The molecule has 0 heterocycles. The topological polar surface area (TPSA) is 57.5 Å². The van der Waals surface area contributed by atoms with Gasteiger partial charge >= 0.3 is 5.97 Å². The Labute approximate surface area is 117 Å². The molecule has 0 aliphatic rings. The molecule has 19 heavy (non-hydrogen) atoms. The van der Waals surface area contributed by atoms with E-state index in [2.05, 4.69) is 6.92 Å². The van der Waals surface area contributed by atoms with Crippen LogP contribution >= 0.6 is 0 Å². The Morgan fingerprint density at radius 3 is 2.21 bits per heavy atom. The fourth-order valence-electron chi connectivity index (χ4n) is 2.13. The normalized spacial score (nSPS) is 12.9. The van der Waals surface area contributed by atoms with E-state index in [-0.39, 0.29) is 6.10 Å². The summed E-state index contributed by atoms with van der Waals surface area (Å²) in [5.41, 5.74) is 0. The van der Waals surface area contributed by atoms with Crippen LogP contribution < -0.4 is 0 Å². The Hall–Kier alpha value is -0.830. The zero-order valence-electron chi connectivity index (χ0n) is 12.3. The highest BCUT2D eigenvalue weighted by Gasteiger charge is 2.03. The zero-order chi connectivity index (χ0) is 14.3. The standard InChI is InChI=1S/C16H30O3/c1-2-3-4-5-6-9-12-15(17)13-10-7-8-11-14-16(18)19/h11,14-15,17H,2-10,12-13H2,1H3,(H,18,19)/b14-11+. The van der Waals surface area contributed by atoms with Gasteiger partial charge in [-0.05, 0) is 25.7 Å². The van der Waals surface area contributed by atoms with Crippen LogP contribution in [0.3, 0.4) is 0 Å². The molecule has 0 aliphatic heterocycles. The summed E-state index contributed by atoms with van der Waals surface area (Å²) in [5, 5.41) is 18.2. The van der Waals surface area contributed by atoms with E-state index in [1.54, 1.807) is 6.08 Å². The molecule has 0 aliphatic carbocycles. The molecule has 0 aromatic carbocycles. The lowest BCUT2D eigenvalue weighted by Crippen LogP contribution is -2.05. The minimum atomic E-state index is -0.886. The monoisotopic (exact) mass is 270 g/mol. The van der Waals surface area contributed by atoms with Crippen molar-refractivity contribution in [2.45, 2.75) is 83.7 Å². The van der Waals surface area contributed by atoms with Crippen LogP contribution in [0.15, 0.2) is 12.2 Å². The third kappa shape index (κ3) is 15.1. The van der Waals surface area contributed by atoms with Gasteiger partial charge in [-0.25, -0.2) is 4.79 Å². The van der Waals surface area contributed by atoms with Crippen molar-refractivity contribution in [2.24, 2.45) is 0 Å². The van der Waals surface area contributed by atoms with Crippen LogP contribution in [0.25, 0.3) is 0 Å². The van der Waals surface area contributed by atoms with Crippen molar-refractivity contribution in [3.8, 4) is 0 Å². The largest absolute Gasteiger partial charge is 0.478 e. The zero-order valence-corrected chi connectivity index (χ0v) is 12.3. The van der Waals surface area contributed by atoms with Gasteiger partial charge in [-0.15, -0.1) is 0 Å². The van der Waals surface area contributed by atoms with Gasteiger partial charge in [-0.3, -0.25) is 0 Å². The van der Waals surface area contributed by atoms with Gasteiger partial charge in [0.15, 0.2) is 0 Å². The van der Waals surface area contributed by atoms with E-state index in [4.69, 9.17) is 5.11 Å². The van der Waals surface area contributed by atoms with E-state index in [0.29, 0.717) is 0 Å². The SMILES string of the molecule is CCCCCCCCC(O)CCCC/C=C/C(=O)O. The predicted molar refractivity (Wildman–Crippen MR) is 79.2 cm³/mol. The van der Waals surface area contributed by atoms with Crippen LogP contribution in [0, 0.1) is 0 Å². The molecule has 0 aromatic rings. The summed E-state index contributed by atoms with van der Waals surface area (Å²) in [7, 11) is 0. The van der Waals surface area contributed by atoms with Gasteiger partial charge in [0.05, 0.1) is 6.10 Å². The number of unbranched alkanes of at least 4 members (excludes halogenated alkanes) is 7. The number of rotatable bonds is 13. The molecule has 0 fully saturated rings. The van der Waals surface area contributed by atoms with Crippen molar-refractivity contribution < 1.29 is 15.0 Å². The van der Waals surface area contributed by atoms with E-state index >= 15 is 0 Å². The number of carboxylic acids is 1. The number of carbonyl (C=O) groups is 1. The average molecular weight is 270 g/mol. The minimum Gasteiger partial charge on any atom is -0.478 e. The number of hydrogen-bond acceptors (Lipinski definition) is 2. The summed E-state index contributed by atoms with van der Waals surface area (Å²) in [6, 6.07) is 0. The van der Waals surface area contributed by atoms with E-state index < -0.39 is 5.97 Å². The first-order valence-electron chi connectivity index (χ1n) is 7.74. The van der Waals surface area contributed by atoms with Crippen LogP contribution in [0.4, 0.5) is 0 Å². The van der Waals surface area contributed by atoms with Crippen molar-refractivity contribution in [3.05, 3.63) is 12.2 Å². The molecule has 0 rings (SSSR count). The maximum atomic E-state index is 10.2. The highest BCUT2D eigenvalue weighted by Crippen LogP contribution is 2.12. The molecule has 0 radical (unpaired) electrons. The predicted octanol–water partition coefficient (Wildman–Crippen LogP) is 4.30. The number of aliphatic hydroxyl groups excluding tert-OH is 1. The number of hydrogen-bond donors (Lipinski definition) is 2. The van der Waals surface area contributed by atoms with E-state index in [1.807, 2.05) is 0 Å². The smallest absolute Gasteiger partial charge is 0.327 e. The molecule has 1 unspecified atom stereocenters. The van der Waals surface area contributed by atoms with Gasteiger partial charge in [0, 0.05) is 6.08 Å². The second kappa shape index (κ2) is 13.6. The molecule has 1 atom stereocenters. The summed E-state index contributed by atoms with van der Waals surface area (Å²) < 4.78 is 0. The van der Waals surface area contributed by atoms with Gasteiger partial charge in [0.2, 0.25) is 0 Å². The Balaban J connectivity index is 3.25. The third-order valence-electron chi connectivity index (χ3n) is 3.31. The second-order valence-electron chi connectivity index (χ2n) is 5.24. The summed E-state index contributed by atoms with van der Waals surface area (Å²) in [4.78, 5) is 10.2. The lowest BCUT2D eigenvalue weighted by Gasteiger charge is -2.09. The highest BCUT2D eigenvalue weighted by molar-refractivity contribution is 5.79. The first kappa shape index (κ1) is 18.2. The van der Waals surface area contributed by atoms with Crippen molar-refractivity contribution in [1.82, 2.24) is 0 Å². The molecule has 0 spiro atoms. The van der Waals surface area contributed by atoms with Crippen molar-refractivity contribution >= 4 is 5.97 Å². The first-order chi connectivity index (χ1) is 9.16. The number of aliphatic carboxylic acids is 1. The fraction of sp³-hybridized carbons (Fsp3) is 0.812. The molecular weight excluding hydrogens is 240 g/mol. The molecule has 0 saturated carbocycles. The third-order valence-corrected chi connectivity index (χ3v) is 3.31. The summed E-state index contributed by atoms with van der Waals surface area (Å²) in [6.07, 6.45) is 14.8. The summed E-state index contributed by atoms with van der Waals surface area (Å²) in [5.74, 6) is -0.886. The number of aliphatic hydroxyl groups is 1. The molecule has 0 saturated heterocycles. The highest BCUT2D eigenvalue weighted by atomic mass is 16.4. The van der Waals surface area contributed by atoms with E-state index in [1.165, 1.54) is 38.2 Å². The molecule has 0 bridgehead atoms. The van der Waals surface area contributed by atoms with Gasteiger partial charge in [0.1, 0.15) is 0 Å². The Morgan fingerprint density at radius 2 is 1.58 bits per heavy atom. The minimum absolute atomic E-state index is 0.172. The summed E-state index contributed by atoms with van der Waals surface area (Å²) >= 11 is 0. The lowest BCUT2D eigenvalue weighted by atomic mass is 10.0. The Morgan fingerprint density at radius 1 is 1.00 bits per heavy atom. The molecule has 2 N–H and O–H groups in total. The fourth-order valence-corrected chi connectivity index (χ4v) is 2.13. The van der Waals surface area contributed by atoms with Crippen LogP contribution in [0.5, 0.6) is 0 Å². The van der Waals surface area contributed by atoms with Gasteiger partial charge in [-0.1, -0.05) is 57.9 Å². The quantitative estimate of drug-likeness (QED) is 0.387. The lowest BCUT2D eigenvalue weighted by molar-refractivity contribution is -0.131. The molecule has 112 valence electrons. The second-order valence-corrected chi connectivity index (χ2v) is 5.24. The average Bonchev–Trinajstić information content (AvgIpc) is 2.37. The Kier molecular flexibility index (Phi) is 13.0. The van der Waals surface area contributed by atoms with Gasteiger partial charge in [-0.2, -0.15) is 0 Å². The van der Waals surface area contributed by atoms with E-state index in [9.17, 15) is 9.90 Å². The molecule has 0 aromatic heterocycles. The number of allylic oxidation sites excluding steroid dienone is 1.